The van der Waals surface area contributed by atoms with Crippen molar-refractivity contribution in [2.75, 3.05) is 12.0 Å². The van der Waals surface area contributed by atoms with E-state index in [-0.39, 0.29) is 18.6 Å². The van der Waals surface area contributed by atoms with E-state index in [1.165, 1.54) is 0 Å². The Morgan fingerprint density at radius 3 is 2.71 bits per heavy atom. The molecule has 17 heavy (non-hydrogen) atoms. The molecule has 0 saturated heterocycles. The van der Waals surface area contributed by atoms with Crippen LogP contribution in [-0.4, -0.2) is 23.7 Å². The lowest BCUT2D eigenvalue weighted by atomic mass is 10.0. The van der Waals surface area contributed by atoms with Crippen molar-refractivity contribution in [1.29, 1.82) is 0 Å². The van der Waals surface area contributed by atoms with E-state index in [1.807, 2.05) is 0 Å². The van der Waals surface area contributed by atoms with Gasteiger partial charge in [0.05, 0.1) is 24.3 Å². The molecule has 0 unspecified atom stereocenters. The highest BCUT2D eigenvalue weighted by molar-refractivity contribution is 5.98. The maximum Gasteiger partial charge on any atom is 0.340 e. The number of anilines is 1. The summed E-state index contributed by atoms with van der Waals surface area (Å²) in [5.41, 5.74) is 3.24. The fourth-order valence-electron chi connectivity index (χ4n) is 1.47. The van der Waals surface area contributed by atoms with Gasteiger partial charge in [-0.1, -0.05) is 12.1 Å². The highest BCUT2D eigenvalue weighted by atomic mass is 16.5. The van der Waals surface area contributed by atoms with Crippen LogP contribution in [0.25, 0.3) is 0 Å². The van der Waals surface area contributed by atoms with Crippen LogP contribution >= 0.6 is 0 Å². The average molecular weight is 238 g/mol. The SMILES string of the molecule is CCOC(=O)c1c(CC(=O)O)cccc1NN. The molecular formula is C11H14N2O4. The second-order valence-corrected chi connectivity index (χ2v) is 3.28. The number of carboxylic acid groups (broad SMARTS) is 1. The molecule has 0 spiro atoms. The summed E-state index contributed by atoms with van der Waals surface area (Å²) in [6, 6.07) is 4.76. The quantitative estimate of drug-likeness (QED) is 0.398. The molecule has 1 aromatic carbocycles. The van der Waals surface area contributed by atoms with Crippen LogP contribution in [0.3, 0.4) is 0 Å². The Morgan fingerprint density at radius 2 is 2.18 bits per heavy atom. The molecule has 0 aliphatic heterocycles. The fourth-order valence-corrected chi connectivity index (χ4v) is 1.47. The first kappa shape index (κ1) is 13.0. The maximum atomic E-state index is 11.7. The van der Waals surface area contributed by atoms with Crippen molar-refractivity contribution < 1.29 is 19.4 Å². The molecule has 0 amide bonds. The van der Waals surface area contributed by atoms with Crippen molar-refractivity contribution in [3.05, 3.63) is 29.3 Å². The monoisotopic (exact) mass is 238 g/mol. The van der Waals surface area contributed by atoms with Crippen LogP contribution in [0, 0.1) is 0 Å². The molecule has 1 aromatic rings. The van der Waals surface area contributed by atoms with E-state index < -0.39 is 11.9 Å². The number of hydrazine groups is 1. The highest BCUT2D eigenvalue weighted by Crippen LogP contribution is 2.21. The number of esters is 1. The van der Waals surface area contributed by atoms with Gasteiger partial charge >= 0.3 is 11.9 Å². The number of carbonyl (C=O) groups excluding carboxylic acids is 1. The minimum Gasteiger partial charge on any atom is -0.481 e. The Bertz CT molecular complexity index is 431. The second-order valence-electron chi connectivity index (χ2n) is 3.28. The van der Waals surface area contributed by atoms with Gasteiger partial charge in [-0.2, -0.15) is 0 Å². The molecule has 4 N–H and O–H groups in total. The topological polar surface area (TPSA) is 102 Å². The molecule has 0 saturated carbocycles. The van der Waals surface area contributed by atoms with Crippen LogP contribution < -0.4 is 11.3 Å². The smallest absolute Gasteiger partial charge is 0.340 e. The molecule has 0 atom stereocenters. The summed E-state index contributed by atoms with van der Waals surface area (Å²) >= 11 is 0. The largest absolute Gasteiger partial charge is 0.481 e. The zero-order valence-corrected chi connectivity index (χ0v) is 9.40. The van der Waals surface area contributed by atoms with Crippen molar-refractivity contribution in [2.45, 2.75) is 13.3 Å². The van der Waals surface area contributed by atoms with Gasteiger partial charge in [-0.3, -0.25) is 10.6 Å². The number of carbonyl (C=O) groups is 2. The van der Waals surface area contributed by atoms with Gasteiger partial charge in [0.15, 0.2) is 0 Å². The van der Waals surface area contributed by atoms with E-state index in [9.17, 15) is 9.59 Å². The van der Waals surface area contributed by atoms with E-state index in [2.05, 4.69) is 5.43 Å². The third-order valence-corrected chi connectivity index (χ3v) is 2.13. The number of aliphatic carboxylic acids is 1. The summed E-state index contributed by atoms with van der Waals surface area (Å²) in [7, 11) is 0. The van der Waals surface area contributed by atoms with Crippen LogP contribution in [0.2, 0.25) is 0 Å². The van der Waals surface area contributed by atoms with Gasteiger partial charge in [-0.15, -0.1) is 0 Å². The van der Waals surface area contributed by atoms with Crippen LogP contribution in [-0.2, 0) is 16.0 Å². The first-order valence-electron chi connectivity index (χ1n) is 5.07. The number of hydrogen-bond acceptors (Lipinski definition) is 5. The third kappa shape index (κ3) is 3.18. The molecule has 0 heterocycles. The molecule has 6 heteroatoms. The molecule has 0 fully saturated rings. The van der Waals surface area contributed by atoms with Gasteiger partial charge in [-0.05, 0) is 18.6 Å². The molecule has 0 bridgehead atoms. The van der Waals surface area contributed by atoms with Gasteiger partial charge < -0.3 is 15.3 Å². The Labute approximate surface area is 98.3 Å². The summed E-state index contributed by atoms with van der Waals surface area (Å²) in [6.07, 6.45) is -0.260. The number of carboxylic acids is 1. The third-order valence-electron chi connectivity index (χ3n) is 2.13. The lowest BCUT2D eigenvalue weighted by Gasteiger charge is -2.12. The van der Waals surface area contributed by atoms with Gasteiger partial charge in [-0.25, -0.2) is 4.79 Å². The minimum atomic E-state index is -1.02. The molecular weight excluding hydrogens is 224 g/mol. The van der Waals surface area contributed by atoms with Crippen molar-refractivity contribution in [3.8, 4) is 0 Å². The fraction of sp³-hybridized carbons (Fsp3) is 0.273. The number of nitrogens with one attached hydrogen (secondary N) is 1. The first-order chi connectivity index (χ1) is 8.10. The van der Waals surface area contributed by atoms with Crippen molar-refractivity contribution >= 4 is 17.6 Å². The Kier molecular flexibility index (Phi) is 4.47. The summed E-state index contributed by atoms with van der Waals surface area (Å²) < 4.78 is 4.87. The van der Waals surface area contributed by atoms with E-state index in [0.717, 1.165) is 0 Å². The van der Waals surface area contributed by atoms with Crippen LogP contribution in [0.15, 0.2) is 18.2 Å². The van der Waals surface area contributed by atoms with Crippen LogP contribution in [0.1, 0.15) is 22.8 Å². The average Bonchev–Trinajstić information content (AvgIpc) is 2.28. The second kappa shape index (κ2) is 5.86. The van der Waals surface area contributed by atoms with Gasteiger partial charge in [0.25, 0.3) is 0 Å². The number of ether oxygens (including phenoxy) is 1. The van der Waals surface area contributed by atoms with Crippen LogP contribution in [0.4, 0.5) is 5.69 Å². The standard InChI is InChI=1S/C11H14N2O4/c1-2-17-11(16)10-7(6-9(14)15)4-3-5-8(10)13-12/h3-5,13H,2,6,12H2,1H3,(H,14,15). The number of nitrogens with two attached hydrogens (primary N) is 1. The molecule has 92 valence electrons. The normalized spacial score (nSPS) is 9.76. The Hall–Kier alpha value is -2.08. The van der Waals surface area contributed by atoms with E-state index >= 15 is 0 Å². The molecule has 0 radical (unpaired) electrons. The zero-order valence-electron chi connectivity index (χ0n) is 9.40. The van der Waals surface area contributed by atoms with E-state index in [1.54, 1.807) is 25.1 Å². The van der Waals surface area contributed by atoms with Crippen molar-refractivity contribution in [3.63, 3.8) is 0 Å². The number of nitrogen functional groups attached to an aromatic ring is 1. The molecule has 1 rings (SSSR count). The first-order valence-corrected chi connectivity index (χ1v) is 5.07. The minimum absolute atomic E-state index is 0.166. The van der Waals surface area contributed by atoms with Crippen molar-refractivity contribution in [2.24, 2.45) is 5.84 Å². The summed E-state index contributed by atoms with van der Waals surface area (Å²) in [4.78, 5) is 22.4. The summed E-state index contributed by atoms with van der Waals surface area (Å²) in [5.74, 6) is 3.67. The highest BCUT2D eigenvalue weighted by Gasteiger charge is 2.18. The Morgan fingerprint density at radius 1 is 1.47 bits per heavy atom. The lowest BCUT2D eigenvalue weighted by Crippen LogP contribution is -2.17. The molecule has 6 nitrogen and oxygen atoms in total. The van der Waals surface area contributed by atoms with Gasteiger partial charge in [0.2, 0.25) is 0 Å². The van der Waals surface area contributed by atoms with E-state index in [0.29, 0.717) is 11.3 Å². The molecule has 0 aromatic heterocycles. The molecule has 0 aliphatic rings. The Balaban J connectivity index is 3.19. The number of benzene rings is 1. The number of rotatable bonds is 5. The predicted octanol–water partition coefficient (Wildman–Crippen LogP) is 0.776. The number of hydrogen-bond donors (Lipinski definition) is 3. The van der Waals surface area contributed by atoms with Gasteiger partial charge in [0, 0.05) is 0 Å². The lowest BCUT2D eigenvalue weighted by molar-refractivity contribution is -0.136. The van der Waals surface area contributed by atoms with E-state index in [4.69, 9.17) is 15.7 Å². The van der Waals surface area contributed by atoms with Gasteiger partial charge in [0.1, 0.15) is 0 Å². The summed E-state index contributed by atoms with van der Waals surface area (Å²) in [6.45, 7) is 1.89. The predicted molar refractivity (Wildman–Crippen MR) is 61.5 cm³/mol. The maximum absolute atomic E-state index is 11.7. The van der Waals surface area contributed by atoms with Crippen LogP contribution in [0.5, 0.6) is 0 Å². The zero-order chi connectivity index (χ0) is 12.8. The van der Waals surface area contributed by atoms with Crippen molar-refractivity contribution in [1.82, 2.24) is 0 Å². The molecule has 0 aliphatic carbocycles. The summed E-state index contributed by atoms with van der Waals surface area (Å²) in [5, 5.41) is 8.76.